The lowest BCUT2D eigenvalue weighted by atomic mass is 9.81. The van der Waals surface area contributed by atoms with E-state index in [4.69, 9.17) is 4.74 Å². The first-order valence-corrected chi connectivity index (χ1v) is 22.5. The highest BCUT2D eigenvalue weighted by atomic mass is 32.2. The quantitative estimate of drug-likeness (QED) is 0.117. The van der Waals surface area contributed by atoms with Gasteiger partial charge in [-0.15, -0.1) is 0 Å². The van der Waals surface area contributed by atoms with Crippen molar-refractivity contribution in [2.75, 3.05) is 30.3 Å². The van der Waals surface area contributed by atoms with Crippen LogP contribution in [-0.4, -0.2) is 75.4 Å². The van der Waals surface area contributed by atoms with Crippen molar-refractivity contribution in [1.82, 2.24) is 4.58 Å². The SMILES string of the molecule is CC1(C)CN(CCCS(=O)(=O)O)c2c1c1c(c3ccc(S(=O)(=O)O)cc23)C=c2c(c3c(c4cc(S(=O)(=O)O)ccc24)=[N+](Cc2ccc(C(=O)O)cc2)CC3(C)C)O1. The lowest BCUT2D eigenvalue weighted by Gasteiger charge is -2.28. The lowest BCUT2D eigenvalue weighted by molar-refractivity contribution is 0.0696. The Labute approximate surface area is 328 Å². The number of carbonyl (C=O) groups is 1. The van der Waals surface area contributed by atoms with Gasteiger partial charge in [-0.25, -0.2) is 9.37 Å². The Kier molecular flexibility index (Phi) is 8.74. The number of benzene rings is 5. The molecule has 17 heteroatoms. The average Bonchev–Trinajstić information content (AvgIpc) is 3.54. The Morgan fingerprint density at radius 2 is 1.39 bits per heavy atom. The molecule has 0 radical (unpaired) electrons. The first-order valence-electron chi connectivity index (χ1n) is 18.0. The van der Waals surface area contributed by atoms with Crippen molar-refractivity contribution in [1.29, 1.82) is 0 Å². The van der Waals surface area contributed by atoms with E-state index in [1.165, 1.54) is 36.4 Å². The molecule has 0 amide bonds. The first kappa shape index (κ1) is 38.9. The summed E-state index contributed by atoms with van der Waals surface area (Å²) in [5.41, 5.74) is 2.42. The molecule has 4 N–H and O–H groups in total. The van der Waals surface area contributed by atoms with Crippen LogP contribution in [0, 0.1) is 0 Å². The van der Waals surface area contributed by atoms with Crippen LogP contribution < -0.4 is 24.8 Å². The highest BCUT2D eigenvalue weighted by molar-refractivity contribution is 7.86. The van der Waals surface area contributed by atoms with E-state index >= 15 is 0 Å². The summed E-state index contributed by atoms with van der Waals surface area (Å²) in [6, 6.07) is 15.1. The molecule has 0 fully saturated rings. The van der Waals surface area contributed by atoms with E-state index in [0.717, 1.165) is 16.7 Å². The van der Waals surface area contributed by atoms with Crippen molar-refractivity contribution < 1.29 is 53.5 Å². The molecule has 0 spiro atoms. The van der Waals surface area contributed by atoms with Crippen molar-refractivity contribution in [2.24, 2.45) is 0 Å². The van der Waals surface area contributed by atoms with Crippen LogP contribution in [0.3, 0.4) is 0 Å². The third-order valence-corrected chi connectivity index (χ3v) is 13.6. The average molecular weight is 836 g/mol. The summed E-state index contributed by atoms with van der Waals surface area (Å²) in [5.74, 6) is -0.513. The second-order valence-corrected chi connectivity index (χ2v) is 20.6. The molecule has 298 valence electrons. The molecule has 3 aliphatic heterocycles. The van der Waals surface area contributed by atoms with Crippen LogP contribution in [-0.2, 0) is 47.7 Å². The predicted octanol–water partition coefficient (Wildman–Crippen LogP) is 4.48. The molecule has 0 atom stereocenters. The second kappa shape index (κ2) is 12.8. The molecule has 0 bridgehead atoms. The van der Waals surface area contributed by atoms with E-state index < -0.39 is 52.9 Å². The Balaban J connectivity index is 1.46. The summed E-state index contributed by atoms with van der Waals surface area (Å²) in [5, 5.41) is 13.0. The fourth-order valence-electron chi connectivity index (χ4n) is 8.89. The summed E-state index contributed by atoms with van der Waals surface area (Å²) in [6.45, 7) is 9.46. The zero-order chi connectivity index (χ0) is 41.2. The number of fused-ring (bicyclic) bond motifs is 12. The number of rotatable bonds is 9. The number of carboxylic acid groups (broad SMARTS) is 1. The molecule has 3 aliphatic rings. The third-order valence-electron chi connectivity index (χ3n) is 11.1. The van der Waals surface area contributed by atoms with Gasteiger partial charge >= 0.3 is 5.97 Å². The van der Waals surface area contributed by atoms with E-state index in [1.807, 2.05) is 38.7 Å². The number of nitrogens with zero attached hydrogens (tertiary/aromatic N) is 2. The van der Waals surface area contributed by atoms with Crippen molar-refractivity contribution >= 4 is 69.6 Å². The van der Waals surface area contributed by atoms with Crippen molar-refractivity contribution in [3.8, 4) is 11.5 Å². The van der Waals surface area contributed by atoms with E-state index in [0.29, 0.717) is 74.5 Å². The maximum absolute atomic E-state index is 12.5. The summed E-state index contributed by atoms with van der Waals surface area (Å²) < 4.78 is 112. The maximum Gasteiger partial charge on any atom is 0.335 e. The molecule has 57 heavy (non-hydrogen) atoms. The smallest absolute Gasteiger partial charge is 0.335 e. The van der Waals surface area contributed by atoms with E-state index in [2.05, 4.69) is 4.58 Å². The van der Waals surface area contributed by atoms with E-state index in [9.17, 15) is 48.8 Å². The largest absolute Gasteiger partial charge is 0.478 e. The molecule has 0 saturated carbocycles. The zero-order valence-corrected chi connectivity index (χ0v) is 33.7. The third kappa shape index (κ3) is 6.65. The van der Waals surface area contributed by atoms with Gasteiger partial charge in [0.25, 0.3) is 30.4 Å². The molecule has 5 aromatic carbocycles. The van der Waals surface area contributed by atoms with Gasteiger partial charge in [0.15, 0.2) is 13.1 Å². The van der Waals surface area contributed by atoms with Crippen LogP contribution in [0.4, 0.5) is 5.69 Å². The Hall–Kier alpha value is -4.91. The van der Waals surface area contributed by atoms with Gasteiger partial charge < -0.3 is 14.7 Å². The minimum Gasteiger partial charge on any atom is -0.478 e. The van der Waals surface area contributed by atoms with Gasteiger partial charge in [-0.2, -0.15) is 25.3 Å². The number of carboxylic acids is 1. The Morgan fingerprint density at radius 3 is 1.98 bits per heavy atom. The summed E-state index contributed by atoms with van der Waals surface area (Å²) in [4.78, 5) is 12.9. The van der Waals surface area contributed by atoms with Gasteiger partial charge in [0.2, 0.25) is 5.36 Å². The van der Waals surface area contributed by atoms with Crippen molar-refractivity contribution in [3.63, 3.8) is 0 Å². The molecule has 0 aromatic heterocycles. The highest BCUT2D eigenvalue weighted by Gasteiger charge is 2.46. The Morgan fingerprint density at radius 1 is 0.772 bits per heavy atom. The fraction of sp³-hybridized carbons (Fsp3) is 0.300. The van der Waals surface area contributed by atoms with Crippen LogP contribution in [0.5, 0.6) is 11.5 Å². The molecule has 8 rings (SSSR count). The van der Waals surface area contributed by atoms with Crippen LogP contribution in [0.2, 0.25) is 0 Å². The fourth-order valence-corrected chi connectivity index (χ4v) is 10.4. The molecule has 5 aromatic rings. The first-order chi connectivity index (χ1) is 26.4. The molecule has 14 nitrogen and oxygen atoms in total. The van der Waals surface area contributed by atoms with Crippen LogP contribution >= 0.6 is 0 Å². The summed E-state index contributed by atoms with van der Waals surface area (Å²) in [7, 11) is -13.5. The normalized spacial score (nSPS) is 16.8. The van der Waals surface area contributed by atoms with Crippen LogP contribution in [0.15, 0.2) is 70.5 Å². The van der Waals surface area contributed by atoms with Crippen LogP contribution in [0.1, 0.15) is 66.7 Å². The predicted molar refractivity (Wildman–Crippen MR) is 213 cm³/mol. The molecular weight excluding hydrogens is 797 g/mol. The zero-order valence-electron chi connectivity index (χ0n) is 31.3. The number of hydrogen-bond donors (Lipinski definition) is 4. The molecule has 0 saturated heterocycles. The number of aromatic carboxylic acids is 1. The standard InChI is InChI=1S/C40H38N2O12S3/c1-39(2)20-41(14-5-15-55(45,46)47)34-28-16-24(56(48,49)50)10-12-26(28)30-18-31-27-13-11-25(57(51,52)53)17-29(27)35-33(37(31)54-36(30)32(34)39)40(3,4)21-42(35)19-22-6-8-23(9-7-22)38(43)44/h6-13,16-18H,5,14-15,19-21H2,1-4H3,(H3-,43,44,45,46,47,48,49,50,51,52,53)/p+1. The lowest BCUT2D eigenvalue weighted by Crippen LogP contribution is -2.31. The molecule has 3 heterocycles. The molecule has 0 unspecified atom stereocenters. The van der Waals surface area contributed by atoms with E-state index in [1.54, 1.807) is 24.3 Å². The highest BCUT2D eigenvalue weighted by Crippen LogP contribution is 2.54. The Bertz CT molecular complexity index is 3100. The minimum atomic E-state index is -4.64. The van der Waals surface area contributed by atoms with Gasteiger partial charge in [0.05, 0.1) is 43.2 Å². The monoisotopic (exact) mass is 835 g/mol. The van der Waals surface area contributed by atoms with Gasteiger partial charge in [0.1, 0.15) is 11.5 Å². The maximum atomic E-state index is 12.5. The number of hydrogen-bond acceptors (Lipinski definition) is 9. The minimum absolute atomic E-state index is 0.0782. The summed E-state index contributed by atoms with van der Waals surface area (Å²) >= 11 is 0. The molecular formula is C40H39N2O12S3+. The van der Waals surface area contributed by atoms with Crippen molar-refractivity contribution in [3.05, 3.63) is 99.1 Å². The second-order valence-electron chi connectivity index (χ2n) is 16.2. The molecule has 0 aliphatic carbocycles. The topological polar surface area (TPSA) is 216 Å². The summed E-state index contributed by atoms with van der Waals surface area (Å²) in [6.07, 6.45) is 2.01. The number of ether oxygens (including phenoxy) is 1. The van der Waals surface area contributed by atoms with Gasteiger partial charge in [-0.3, -0.25) is 13.7 Å². The van der Waals surface area contributed by atoms with Gasteiger partial charge in [0, 0.05) is 45.8 Å². The van der Waals surface area contributed by atoms with Gasteiger partial charge in [-0.05, 0) is 73.5 Å². The van der Waals surface area contributed by atoms with Gasteiger partial charge in [-0.1, -0.05) is 38.1 Å². The van der Waals surface area contributed by atoms with Crippen molar-refractivity contribution in [2.45, 2.75) is 61.3 Å². The van der Waals surface area contributed by atoms with Crippen LogP contribution in [0.25, 0.3) is 27.6 Å². The number of anilines is 1. The van der Waals surface area contributed by atoms with E-state index in [-0.39, 0.29) is 28.3 Å².